The SMILES string of the molecule is Cc1ccc(S(=O)(=O)Nc2ccc3c(c2)C(=O)N([C@@H](C)CO)C[C@@H](C)[C@H](CN(C)C(=O)NC(C)C)OCCCC[C@H](C)O3)cc1. The van der Waals surface area contributed by atoms with Crippen LogP contribution in [0.25, 0.3) is 0 Å². The Bertz CT molecular complexity index is 1380. The zero-order valence-corrected chi connectivity index (χ0v) is 28.4. The van der Waals surface area contributed by atoms with Crippen LogP contribution < -0.4 is 14.8 Å². The molecule has 11 nitrogen and oxygen atoms in total. The molecule has 1 aliphatic rings. The van der Waals surface area contributed by atoms with Crippen LogP contribution in [0.15, 0.2) is 47.4 Å². The molecule has 45 heavy (non-hydrogen) atoms. The number of benzene rings is 2. The fraction of sp³-hybridized carbons (Fsp3) is 0.576. The van der Waals surface area contributed by atoms with Gasteiger partial charge in [-0.3, -0.25) is 9.52 Å². The van der Waals surface area contributed by atoms with Crippen molar-refractivity contribution in [1.82, 2.24) is 15.1 Å². The van der Waals surface area contributed by atoms with Crippen molar-refractivity contribution in [1.29, 1.82) is 0 Å². The minimum atomic E-state index is -3.92. The first-order valence-electron chi connectivity index (χ1n) is 15.7. The van der Waals surface area contributed by atoms with Gasteiger partial charge in [0.2, 0.25) is 0 Å². The molecule has 3 N–H and O–H groups in total. The third kappa shape index (κ3) is 10.3. The van der Waals surface area contributed by atoms with Crippen molar-refractivity contribution in [2.24, 2.45) is 5.92 Å². The Hall–Kier alpha value is -3.35. The highest BCUT2D eigenvalue weighted by Gasteiger charge is 2.31. The molecule has 0 saturated carbocycles. The average molecular weight is 647 g/mol. The van der Waals surface area contributed by atoms with E-state index < -0.39 is 22.0 Å². The number of nitrogens with zero attached hydrogens (tertiary/aromatic N) is 2. The van der Waals surface area contributed by atoms with Crippen LogP contribution in [0.3, 0.4) is 0 Å². The molecular formula is C33H50N4O7S. The first-order valence-corrected chi connectivity index (χ1v) is 17.1. The Balaban J connectivity index is 1.98. The van der Waals surface area contributed by atoms with Gasteiger partial charge in [0.05, 0.1) is 35.3 Å². The van der Waals surface area contributed by atoms with Crippen molar-refractivity contribution in [3.05, 3.63) is 53.6 Å². The highest BCUT2D eigenvalue weighted by atomic mass is 32.2. The van der Waals surface area contributed by atoms with Gasteiger partial charge in [-0.25, -0.2) is 13.2 Å². The number of anilines is 1. The number of aryl methyl sites for hydroxylation is 1. The fourth-order valence-electron chi connectivity index (χ4n) is 5.09. The molecular weight excluding hydrogens is 596 g/mol. The summed E-state index contributed by atoms with van der Waals surface area (Å²) in [5.41, 5.74) is 1.33. The predicted molar refractivity (Wildman–Crippen MR) is 175 cm³/mol. The number of hydrogen-bond acceptors (Lipinski definition) is 7. The summed E-state index contributed by atoms with van der Waals surface area (Å²) in [5.74, 6) is -0.293. The summed E-state index contributed by atoms with van der Waals surface area (Å²) >= 11 is 0. The second-order valence-electron chi connectivity index (χ2n) is 12.4. The first-order chi connectivity index (χ1) is 21.2. The zero-order valence-electron chi connectivity index (χ0n) is 27.6. The molecule has 2 aromatic rings. The van der Waals surface area contributed by atoms with Crippen LogP contribution in [-0.4, -0.2) is 92.9 Å². The zero-order chi connectivity index (χ0) is 33.3. The topological polar surface area (TPSA) is 138 Å². The van der Waals surface area contributed by atoms with E-state index in [2.05, 4.69) is 10.0 Å². The highest BCUT2D eigenvalue weighted by Crippen LogP contribution is 2.29. The van der Waals surface area contributed by atoms with Gasteiger partial charge < -0.3 is 29.7 Å². The number of carbonyl (C=O) groups is 2. The number of carbonyl (C=O) groups excluding carboxylic acids is 2. The van der Waals surface area contributed by atoms with Crippen molar-refractivity contribution >= 4 is 27.6 Å². The van der Waals surface area contributed by atoms with Crippen LogP contribution in [0.4, 0.5) is 10.5 Å². The Morgan fingerprint density at radius 3 is 2.44 bits per heavy atom. The van der Waals surface area contributed by atoms with E-state index in [0.717, 1.165) is 18.4 Å². The number of sulfonamides is 1. The number of hydrogen-bond donors (Lipinski definition) is 3. The number of rotatable bonds is 8. The maximum atomic E-state index is 14.3. The maximum Gasteiger partial charge on any atom is 0.317 e. The lowest BCUT2D eigenvalue weighted by atomic mass is 10.0. The number of ether oxygens (including phenoxy) is 2. The van der Waals surface area contributed by atoms with E-state index in [4.69, 9.17) is 9.47 Å². The van der Waals surface area contributed by atoms with Crippen LogP contribution in [0.5, 0.6) is 5.75 Å². The molecule has 1 aliphatic heterocycles. The Kier molecular flexibility index (Phi) is 13.1. The quantitative estimate of drug-likeness (QED) is 0.380. The summed E-state index contributed by atoms with van der Waals surface area (Å²) in [4.78, 5) is 30.2. The van der Waals surface area contributed by atoms with Crippen molar-refractivity contribution in [3.8, 4) is 5.75 Å². The van der Waals surface area contributed by atoms with Crippen LogP contribution in [0.2, 0.25) is 0 Å². The molecule has 0 unspecified atom stereocenters. The second-order valence-corrected chi connectivity index (χ2v) is 14.1. The molecule has 0 aliphatic carbocycles. The smallest absolute Gasteiger partial charge is 0.317 e. The Morgan fingerprint density at radius 1 is 1.11 bits per heavy atom. The van der Waals surface area contributed by atoms with Crippen LogP contribution in [0, 0.1) is 12.8 Å². The minimum Gasteiger partial charge on any atom is -0.490 e. The summed E-state index contributed by atoms with van der Waals surface area (Å²) in [5, 5.41) is 13.1. The minimum absolute atomic E-state index is 0.0173. The lowest BCUT2D eigenvalue weighted by molar-refractivity contribution is -0.0122. The van der Waals surface area contributed by atoms with Crippen LogP contribution in [0.1, 0.15) is 69.8 Å². The molecule has 0 aromatic heterocycles. The summed E-state index contributed by atoms with van der Waals surface area (Å²) < 4.78 is 41.5. The first kappa shape index (κ1) is 36.1. The van der Waals surface area contributed by atoms with Crippen molar-refractivity contribution in [2.75, 3.05) is 38.1 Å². The van der Waals surface area contributed by atoms with E-state index in [9.17, 15) is 23.1 Å². The Labute approximate surface area is 268 Å². The Morgan fingerprint density at radius 2 is 1.80 bits per heavy atom. The van der Waals surface area contributed by atoms with Crippen molar-refractivity contribution in [2.45, 2.75) is 90.0 Å². The van der Waals surface area contributed by atoms with E-state index in [1.165, 1.54) is 18.2 Å². The van der Waals surface area contributed by atoms with Gasteiger partial charge in [0.1, 0.15) is 5.75 Å². The van der Waals surface area contributed by atoms with E-state index in [-0.39, 0.29) is 59.5 Å². The second kappa shape index (κ2) is 16.3. The molecule has 1 heterocycles. The van der Waals surface area contributed by atoms with Gasteiger partial charge >= 0.3 is 6.03 Å². The number of aliphatic hydroxyl groups is 1. The molecule has 0 saturated heterocycles. The van der Waals surface area contributed by atoms with E-state index in [1.807, 2.05) is 34.6 Å². The van der Waals surface area contributed by atoms with E-state index in [0.29, 0.717) is 25.3 Å². The van der Waals surface area contributed by atoms with Gasteiger partial charge in [0.15, 0.2) is 0 Å². The number of nitrogens with one attached hydrogen (secondary N) is 2. The molecule has 3 rings (SSSR count). The molecule has 2 aromatic carbocycles. The third-order valence-corrected chi connectivity index (χ3v) is 9.24. The summed E-state index contributed by atoms with van der Waals surface area (Å²) in [6, 6.07) is 10.4. The van der Waals surface area contributed by atoms with Crippen molar-refractivity contribution < 1.29 is 32.6 Å². The van der Waals surface area contributed by atoms with Gasteiger partial charge in [0.25, 0.3) is 15.9 Å². The van der Waals surface area contributed by atoms with Crippen LogP contribution >= 0.6 is 0 Å². The fourth-order valence-corrected chi connectivity index (χ4v) is 6.14. The van der Waals surface area contributed by atoms with Gasteiger partial charge in [-0.1, -0.05) is 24.6 Å². The van der Waals surface area contributed by atoms with E-state index >= 15 is 0 Å². The number of urea groups is 1. The predicted octanol–water partition coefficient (Wildman–Crippen LogP) is 4.64. The number of fused-ring (bicyclic) bond motifs is 1. The molecule has 12 heteroatoms. The molecule has 3 amide bonds. The summed E-state index contributed by atoms with van der Waals surface area (Å²) in [7, 11) is -2.21. The van der Waals surface area contributed by atoms with E-state index in [1.54, 1.807) is 48.0 Å². The lowest BCUT2D eigenvalue weighted by Crippen LogP contribution is -2.49. The third-order valence-electron chi connectivity index (χ3n) is 7.85. The number of likely N-dealkylation sites (N-methyl/N-ethyl adjacent to an activating group) is 1. The molecule has 250 valence electrons. The largest absolute Gasteiger partial charge is 0.490 e. The van der Waals surface area contributed by atoms with Crippen LogP contribution in [-0.2, 0) is 14.8 Å². The normalized spacial score (nSPS) is 20.9. The van der Waals surface area contributed by atoms with Crippen molar-refractivity contribution in [3.63, 3.8) is 0 Å². The maximum absolute atomic E-state index is 14.3. The molecule has 0 radical (unpaired) electrons. The standard InChI is InChI=1S/C33H50N4O7S/c1-22(2)34-33(40)36(7)20-31-24(4)19-37(25(5)21-38)32(39)29-18-27(35-45(41,42)28-14-11-23(3)12-15-28)13-16-30(29)44-26(6)10-8-9-17-43-31/h11-16,18,22,24-26,31,35,38H,8-10,17,19-21H2,1-7H3,(H,34,40)/t24-,25+,26+,31+/m1/s1. The molecule has 0 bridgehead atoms. The average Bonchev–Trinajstić information content (AvgIpc) is 2.98. The van der Waals surface area contributed by atoms with Gasteiger partial charge in [-0.2, -0.15) is 0 Å². The van der Waals surface area contributed by atoms with Gasteiger partial charge in [0, 0.05) is 44.4 Å². The van der Waals surface area contributed by atoms with Gasteiger partial charge in [-0.15, -0.1) is 0 Å². The number of amides is 3. The summed E-state index contributed by atoms with van der Waals surface area (Å²) in [6.07, 6.45) is 1.74. The molecule has 4 atom stereocenters. The molecule has 0 fully saturated rings. The monoisotopic (exact) mass is 646 g/mol. The van der Waals surface area contributed by atoms with Gasteiger partial charge in [-0.05, 0) is 84.2 Å². The summed E-state index contributed by atoms with van der Waals surface area (Å²) in [6.45, 7) is 12.0. The molecule has 0 spiro atoms. The number of aliphatic hydroxyl groups excluding tert-OH is 1. The lowest BCUT2D eigenvalue weighted by Gasteiger charge is -2.36. The highest BCUT2D eigenvalue weighted by molar-refractivity contribution is 7.92.